The molecular weight excluding hydrogens is 326 g/mol. The van der Waals surface area contributed by atoms with Gasteiger partial charge in [0.05, 0.1) is 11.6 Å². The molecule has 0 aromatic heterocycles. The van der Waals surface area contributed by atoms with E-state index in [1.54, 1.807) is 36.4 Å². The standard InChI is InChI=1S/C21H23N3O2/c1-21(2,3)17-10-8-14(9-11-17)20(26)24-18(19(23)25)12-15-6-4-5-7-16(15)13-22/h4-11,18H,12H2,1-3H3,(H2,23,25)(H,24,26)/t18-/m0/s1. The highest BCUT2D eigenvalue weighted by Gasteiger charge is 2.21. The Labute approximate surface area is 153 Å². The summed E-state index contributed by atoms with van der Waals surface area (Å²) in [4.78, 5) is 24.3. The minimum absolute atomic E-state index is 0.00816. The van der Waals surface area contributed by atoms with Crippen molar-refractivity contribution in [3.63, 3.8) is 0 Å². The molecule has 0 unspecified atom stereocenters. The summed E-state index contributed by atoms with van der Waals surface area (Å²) in [6.07, 6.45) is 0.172. The van der Waals surface area contributed by atoms with Gasteiger partial charge in [-0.15, -0.1) is 0 Å². The predicted octanol–water partition coefficient (Wildman–Crippen LogP) is 2.68. The maximum absolute atomic E-state index is 12.5. The van der Waals surface area contributed by atoms with Gasteiger partial charge in [-0.05, 0) is 34.7 Å². The summed E-state index contributed by atoms with van der Waals surface area (Å²) in [5, 5.41) is 11.8. The first-order valence-corrected chi connectivity index (χ1v) is 8.41. The van der Waals surface area contributed by atoms with Crippen LogP contribution in [0.3, 0.4) is 0 Å². The van der Waals surface area contributed by atoms with Gasteiger partial charge in [0.25, 0.3) is 5.91 Å². The molecule has 1 atom stereocenters. The van der Waals surface area contributed by atoms with E-state index in [9.17, 15) is 9.59 Å². The smallest absolute Gasteiger partial charge is 0.251 e. The van der Waals surface area contributed by atoms with Crippen LogP contribution in [0.4, 0.5) is 0 Å². The largest absolute Gasteiger partial charge is 0.368 e. The molecule has 2 amide bonds. The Morgan fingerprint density at radius 3 is 2.27 bits per heavy atom. The van der Waals surface area contributed by atoms with Gasteiger partial charge in [-0.1, -0.05) is 51.1 Å². The van der Waals surface area contributed by atoms with Crippen LogP contribution in [0.25, 0.3) is 0 Å². The third kappa shape index (κ3) is 4.70. The number of carbonyl (C=O) groups is 2. The van der Waals surface area contributed by atoms with E-state index in [-0.39, 0.29) is 17.7 Å². The van der Waals surface area contributed by atoms with Crippen molar-refractivity contribution < 1.29 is 9.59 Å². The van der Waals surface area contributed by atoms with Crippen LogP contribution in [0.15, 0.2) is 48.5 Å². The molecule has 0 saturated carbocycles. The third-order valence-corrected chi connectivity index (χ3v) is 4.22. The lowest BCUT2D eigenvalue weighted by Crippen LogP contribution is -2.46. The van der Waals surface area contributed by atoms with Gasteiger partial charge in [-0.3, -0.25) is 9.59 Å². The fourth-order valence-electron chi connectivity index (χ4n) is 2.61. The number of nitriles is 1. The Morgan fingerprint density at radius 2 is 1.73 bits per heavy atom. The van der Waals surface area contributed by atoms with Gasteiger partial charge in [0, 0.05) is 12.0 Å². The molecule has 2 aromatic carbocycles. The summed E-state index contributed by atoms with van der Waals surface area (Å²) in [7, 11) is 0. The van der Waals surface area contributed by atoms with Crippen LogP contribution in [0.1, 0.15) is 47.8 Å². The number of amides is 2. The summed E-state index contributed by atoms with van der Waals surface area (Å²) < 4.78 is 0. The van der Waals surface area contributed by atoms with E-state index in [1.165, 1.54) is 0 Å². The summed E-state index contributed by atoms with van der Waals surface area (Å²) in [5.74, 6) is -1.01. The summed E-state index contributed by atoms with van der Waals surface area (Å²) >= 11 is 0. The summed E-state index contributed by atoms with van der Waals surface area (Å²) in [6, 6.07) is 15.4. The van der Waals surface area contributed by atoms with Crippen molar-refractivity contribution in [2.45, 2.75) is 38.6 Å². The number of nitrogens with one attached hydrogen (secondary N) is 1. The highest BCUT2D eigenvalue weighted by molar-refractivity contribution is 5.97. The first-order chi connectivity index (χ1) is 12.2. The van der Waals surface area contributed by atoms with E-state index in [2.05, 4.69) is 32.2 Å². The minimum atomic E-state index is -0.890. The van der Waals surface area contributed by atoms with Crippen molar-refractivity contribution in [1.82, 2.24) is 5.32 Å². The Balaban J connectivity index is 2.16. The van der Waals surface area contributed by atoms with Crippen LogP contribution in [0.5, 0.6) is 0 Å². The number of hydrogen-bond donors (Lipinski definition) is 2. The van der Waals surface area contributed by atoms with Gasteiger partial charge in [-0.25, -0.2) is 0 Å². The van der Waals surface area contributed by atoms with E-state index in [0.29, 0.717) is 16.7 Å². The quantitative estimate of drug-likeness (QED) is 0.868. The monoisotopic (exact) mass is 349 g/mol. The van der Waals surface area contributed by atoms with Crippen molar-refractivity contribution in [2.75, 3.05) is 0 Å². The fourth-order valence-corrected chi connectivity index (χ4v) is 2.61. The number of rotatable bonds is 5. The van der Waals surface area contributed by atoms with Crippen LogP contribution in [0, 0.1) is 11.3 Å². The Hall–Kier alpha value is -3.13. The highest BCUT2D eigenvalue weighted by Crippen LogP contribution is 2.22. The van der Waals surface area contributed by atoms with Crippen LogP contribution < -0.4 is 11.1 Å². The van der Waals surface area contributed by atoms with E-state index >= 15 is 0 Å². The van der Waals surface area contributed by atoms with Gasteiger partial charge in [-0.2, -0.15) is 5.26 Å². The summed E-state index contributed by atoms with van der Waals surface area (Å²) in [6.45, 7) is 6.29. The lowest BCUT2D eigenvalue weighted by atomic mass is 9.86. The molecular formula is C21H23N3O2. The van der Waals surface area contributed by atoms with Gasteiger partial charge in [0.15, 0.2) is 0 Å². The molecule has 0 aliphatic heterocycles. The summed E-state index contributed by atoms with van der Waals surface area (Å²) in [5.41, 5.74) is 8.14. The molecule has 2 aromatic rings. The van der Waals surface area contributed by atoms with Crippen molar-refractivity contribution in [2.24, 2.45) is 5.73 Å². The maximum Gasteiger partial charge on any atom is 0.251 e. The van der Waals surface area contributed by atoms with Gasteiger partial charge in [0.2, 0.25) is 5.91 Å². The van der Waals surface area contributed by atoms with E-state index < -0.39 is 11.9 Å². The molecule has 0 aliphatic carbocycles. The van der Waals surface area contributed by atoms with Crippen LogP contribution in [0.2, 0.25) is 0 Å². The zero-order valence-corrected chi connectivity index (χ0v) is 15.2. The molecule has 3 N–H and O–H groups in total. The van der Waals surface area contributed by atoms with E-state index in [4.69, 9.17) is 11.0 Å². The topological polar surface area (TPSA) is 96.0 Å². The number of nitrogens with two attached hydrogens (primary N) is 1. The van der Waals surface area contributed by atoms with Crippen molar-refractivity contribution in [3.05, 3.63) is 70.8 Å². The molecule has 26 heavy (non-hydrogen) atoms. The maximum atomic E-state index is 12.5. The minimum Gasteiger partial charge on any atom is -0.368 e. The molecule has 5 heteroatoms. The zero-order valence-electron chi connectivity index (χ0n) is 15.2. The molecule has 0 radical (unpaired) electrons. The molecule has 0 fully saturated rings. The third-order valence-electron chi connectivity index (χ3n) is 4.22. The van der Waals surface area contributed by atoms with Gasteiger partial charge >= 0.3 is 0 Å². The van der Waals surface area contributed by atoms with Crippen molar-refractivity contribution in [3.8, 4) is 6.07 Å². The van der Waals surface area contributed by atoms with Crippen molar-refractivity contribution >= 4 is 11.8 Å². The first-order valence-electron chi connectivity index (χ1n) is 8.41. The van der Waals surface area contributed by atoms with Crippen molar-refractivity contribution in [1.29, 1.82) is 5.26 Å². The average molecular weight is 349 g/mol. The van der Waals surface area contributed by atoms with Gasteiger partial charge in [0.1, 0.15) is 6.04 Å². The Bertz CT molecular complexity index is 843. The molecule has 0 bridgehead atoms. The second-order valence-corrected chi connectivity index (χ2v) is 7.23. The van der Waals surface area contributed by atoms with Gasteiger partial charge < -0.3 is 11.1 Å². The Morgan fingerprint density at radius 1 is 1.12 bits per heavy atom. The molecule has 0 heterocycles. The van der Waals surface area contributed by atoms with E-state index in [1.807, 2.05) is 12.1 Å². The molecule has 0 saturated heterocycles. The number of hydrogen-bond acceptors (Lipinski definition) is 3. The molecule has 2 rings (SSSR count). The molecule has 0 aliphatic rings. The van der Waals surface area contributed by atoms with Crippen LogP contribution >= 0.6 is 0 Å². The van der Waals surface area contributed by atoms with E-state index in [0.717, 1.165) is 5.56 Å². The normalized spacial score (nSPS) is 12.1. The molecule has 5 nitrogen and oxygen atoms in total. The Kier molecular flexibility index (Phi) is 5.78. The van der Waals surface area contributed by atoms with Crippen LogP contribution in [-0.2, 0) is 16.6 Å². The number of nitrogens with zero attached hydrogens (tertiary/aromatic N) is 1. The second-order valence-electron chi connectivity index (χ2n) is 7.23. The lowest BCUT2D eigenvalue weighted by Gasteiger charge is -2.20. The average Bonchev–Trinajstić information content (AvgIpc) is 2.60. The number of benzene rings is 2. The second kappa shape index (κ2) is 7.83. The SMILES string of the molecule is CC(C)(C)c1ccc(C(=O)N[C@@H](Cc2ccccc2C#N)C(N)=O)cc1. The molecule has 134 valence electrons. The predicted molar refractivity (Wildman–Crippen MR) is 100 cm³/mol. The first kappa shape index (κ1) is 19.2. The van der Waals surface area contributed by atoms with Crippen LogP contribution in [-0.4, -0.2) is 17.9 Å². The zero-order chi connectivity index (χ0) is 19.3. The highest BCUT2D eigenvalue weighted by atomic mass is 16.2. The fraction of sp³-hybridized carbons (Fsp3) is 0.286. The number of carbonyl (C=O) groups excluding carboxylic acids is 2. The molecule has 0 spiro atoms. The number of primary amides is 1. The lowest BCUT2D eigenvalue weighted by molar-refractivity contribution is -0.119.